The fourth-order valence-corrected chi connectivity index (χ4v) is 9.06. The zero-order chi connectivity index (χ0) is 49.9. The van der Waals surface area contributed by atoms with Crippen molar-refractivity contribution in [1.29, 1.82) is 0 Å². The minimum absolute atomic E-state index is 0.0620. The minimum Gasteiger partial charge on any atom is -0.462 e. The second-order valence-corrected chi connectivity index (χ2v) is 20.4. The average molecular weight is 966 g/mol. The molecule has 0 radical (unpaired) electrons. The Kier molecular flexibility index (Phi) is 57.8. The highest BCUT2D eigenvalue weighted by molar-refractivity contribution is 5.70. The van der Waals surface area contributed by atoms with E-state index in [4.69, 9.17) is 9.47 Å². The van der Waals surface area contributed by atoms with Crippen molar-refractivity contribution in [2.24, 2.45) is 0 Å². The van der Waals surface area contributed by atoms with E-state index in [2.05, 4.69) is 74.6 Å². The number of aliphatic hydroxyl groups excluding tert-OH is 1. The molecule has 0 bridgehead atoms. The fraction of sp³-hybridized carbons (Fsp3) is 0.812. The molecule has 0 aromatic heterocycles. The van der Waals surface area contributed by atoms with Crippen LogP contribution in [0.1, 0.15) is 316 Å². The predicted molar refractivity (Wildman–Crippen MR) is 302 cm³/mol. The molecule has 0 spiro atoms. The van der Waals surface area contributed by atoms with Crippen LogP contribution in [0.4, 0.5) is 0 Å². The molecule has 5 nitrogen and oxygen atoms in total. The Bertz CT molecular complexity index is 1180. The van der Waals surface area contributed by atoms with E-state index in [0.29, 0.717) is 12.8 Å². The Balaban J connectivity index is 3.44. The summed E-state index contributed by atoms with van der Waals surface area (Å²) >= 11 is 0. The number of allylic oxidation sites excluding steroid dienone is 10. The Labute approximate surface area is 430 Å². The van der Waals surface area contributed by atoms with Crippen molar-refractivity contribution in [3.05, 3.63) is 60.8 Å². The van der Waals surface area contributed by atoms with E-state index in [-0.39, 0.29) is 25.2 Å². The van der Waals surface area contributed by atoms with Gasteiger partial charge in [-0.05, 0) is 57.8 Å². The SMILES string of the molecule is CC/C=C\C/C=C\C/C=C\C/C=C\C/C=C\CCCCCCCCCCCCCCCCCC(=O)OC(CO)COC(=O)CCCCCCCCCCCCCCCCCCCCCCCCCC. The molecule has 0 aliphatic carbocycles. The predicted octanol–water partition coefficient (Wildman–Crippen LogP) is 20.6. The Morgan fingerprint density at radius 3 is 0.942 bits per heavy atom. The summed E-state index contributed by atoms with van der Waals surface area (Å²) in [6.07, 6.45) is 80.7. The van der Waals surface area contributed by atoms with Crippen molar-refractivity contribution in [3.8, 4) is 0 Å². The summed E-state index contributed by atoms with van der Waals surface area (Å²) in [5.74, 6) is -0.574. The van der Waals surface area contributed by atoms with Gasteiger partial charge in [-0.15, -0.1) is 0 Å². The van der Waals surface area contributed by atoms with Crippen LogP contribution in [0.5, 0.6) is 0 Å². The van der Waals surface area contributed by atoms with E-state index in [0.717, 1.165) is 64.2 Å². The van der Waals surface area contributed by atoms with Crippen LogP contribution in [-0.2, 0) is 19.1 Å². The van der Waals surface area contributed by atoms with Gasteiger partial charge in [0.15, 0.2) is 6.10 Å². The van der Waals surface area contributed by atoms with Gasteiger partial charge in [0.1, 0.15) is 6.61 Å². The Morgan fingerprint density at radius 2 is 0.623 bits per heavy atom. The maximum Gasteiger partial charge on any atom is 0.306 e. The van der Waals surface area contributed by atoms with Gasteiger partial charge in [-0.2, -0.15) is 0 Å². The van der Waals surface area contributed by atoms with Gasteiger partial charge >= 0.3 is 11.9 Å². The maximum atomic E-state index is 12.3. The first-order chi connectivity index (χ1) is 34.1. The van der Waals surface area contributed by atoms with Gasteiger partial charge in [-0.1, -0.05) is 306 Å². The molecule has 0 saturated carbocycles. The monoisotopic (exact) mass is 965 g/mol. The molecule has 1 atom stereocenters. The van der Waals surface area contributed by atoms with E-state index in [1.165, 1.54) is 225 Å². The number of unbranched alkanes of at least 4 members (excludes halogenated alkanes) is 38. The van der Waals surface area contributed by atoms with Crippen LogP contribution in [0.25, 0.3) is 0 Å². The summed E-state index contributed by atoms with van der Waals surface area (Å²) in [6.45, 7) is 4.07. The Hall–Kier alpha value is -2.40. The highest BCUT2D eigenvalue weighted by Crippen LogP contribution is 2.18. The van der Waals surface area contributed by atoms with Crippen molar-refractivity contribution >= 4 is 11.9 Å². The molecule has 0 fully saturated rings. The smallest absolute Gasteiger partial charge is 0.306 e. The summed E-state index contributed by atoms with van der Waals surface area (Å²) in [5.41, 5.74) is 0. The van der Waals surface area contributed by atoms with Crippen LogP contribution in [0, 0.1) is 0 Å². The molecule has 0 aliphatic heterocycles. The van der Waals surface area contributed by atoms with Gasteiger partial charge in [0.05, 0.1) is 6.61 Å². The second kappa shape index (κ2) is 59.9. The second-order valence-electron chi connectivity index (χ2n) is 20.4. The van der Waals surface area contributed by atoms with E-state index in [1.807, 2.05) is 0 Å². The number of carbonyl (C=O) groups excluding carboxylic acids is 2. The zero-order valence-electron chi connectivity index (χ0n) is 46.1. The third-order valence-corrected chi connectivity index (χ3v) is 13.6. The van der Waals surface area contributed by atoms with Crippen molar-refractivity contribution in [2.45, 2.75) is 322 Å². The molecule has 69 heavy (non-hydrogen) atoms. The fourth-order valence-electron chi connectivity index (χ4n) is 9.06. The first kappa shape index (κ1) is 66.6. The van der Waals surface area contributed by atoms with Gasteiger partial charge in [0, 0.05) is 12.8 Å². The molecule has 0 aromatic carbocycles. The average Bonchev–Trinajstić information content (AvgIpc) is 3.35. The van der Waals surface area contributed by atoms with Crippen molar-refractivity contribution < 1.29 is 24.2 Å². The van der Waals surface area contributed by atoms with E-state index >= 15 is 0 Å². The van der Waals surface area contributed by atoms with Crippen molar-refractivity contribution in [3.63, 3.8) is 0 Å². The molecule has 0 aromatic rings. The van der Waals surface area contributed by atoms with Gasteiger partial charge in [-0.3, -0.25) is 9.59 Å². The largest absolute Gasteiger partial charge is 0.462 e. The van der Waals surface area contributed by atoms with Crippen molar-refractivity contribution in [2.75, 3.05) is 13.2 Å². The van der Waals surface area contributed by atoms with Crippen LogP contribution in [0.3, 0.4) is 0 Å². The molecule has 0 rings (SSSR count). The normalized spacial score (nSPS) is 12.6. The molecule has 1 unspecified atom stereocenters. The highest BCUT2D eigenvalue weighted by Gasteiger charge is 2.16. The molecule has 5 heteroatoms. The number of esters is 2. The molecule has 402 valence electrons. The van der Waals surface area contributed by atoms with Gasteiger partial charge < -0.3 is 14.6 Å². The van der Waals surface area contributed by atoms with E-state index < -0.39 is 6.10 Å². The summed E-state index contributed by atoms with van der Waals surface area (Å²) in [4.78, 5) is 24.6. The van der Waals surface area contributed by atoms with Crippen LogP contribution in [0.15, 0.2) is 60.8 Å². The number of ether oxygens (including phenoxy) is 2. The molecular formula is C64H116O5. The van der Waals surface area contributed by atoms with E-state index in [9.17, 15) is 14.7 Å². The molecule has 0 saturated heterocycles. The zero-order valence-corrected chi connectivity index (χ0v) is 46.1. The highest BCUT2D eigenvalue weighted by atomic mass is 16.6. The maximum absolute atomic E-state index is 12.3. The standard InChI is InChI=1S/C64H116O5/c1-3-5-7-9-11-13-15-17-19-21-23-25-27-29-30-31-32-33-34-35-37-39-41-43-45-47-49-51-53-55-57-59-64(67)69-62(60-65)61-68-63(66)58-56-54-52-50-48-46-44-42-40-38-36-28-26-24-22-20-18-16-14-12-10-8-6-4-2/h5,7,11,13,17,19,23,25,29-30,62,65H,3-4,6,8-10,12,14-16,18,20-22,24,26-28,31-61H2,1-2H3/b7-5-,13-11-,19-17-,25-23-,30-29-. The first-order valence-electron chi connectivity index (χ1n) is 30.3. The lowest BCUT2D eigenvalue weighted by Gasteiger charge is -2.15. The molecule has 0 aliphatic rings. The van der Waals surface area contributed by atoms with Crippen LogP contribution in [0.2, 0.25) is 0 Å². The number of carbonyl (C=O) groups is 2. The number of hydrogen-bond acceptors (Lipinski definition) is 5. The molecular weight excluding hydrogens is 849 g/mol. The van der Waals surface area contributed by atoms with Crippen LogP contribution in [-0.4, -0.2) is 36.4 Å². The van der Waals surface area contributed by atoms with E-state index in [1.54, 1.807) is 0 Å². The first-order valence-corrected chi connectivity index (χ1v) is 30.3. The van der Waals surface area contributed by atoms with Gasteiger partial charge in [0.2, 0.25) is 0 Å². The topological polar surface area (TPSA) is 72.8 Å². The minimum atomic E-state index is -0.772. The lowest BCUT2D eigenvalue weighted by molar-refractivity contribution is -0.161. The lowest BCUT2D eigenvalue weighted by Crippen LogP contribution is -2.28. The summed E-state index contributed by atoms with van der Waals surface area (Å²) in [5, 5.41) is 9.67. The molecule has 0 heterocycles. The summed E-state index contributed by atoms with van der Waals surface area (Å²) in [6, 6.07) is 0. The summed E-state index contributed by atoms with van der Waals surface area (Å²) in [7, 11) is 0. The third kappa shape index (κ3) is 58.1. The van der Waals surface area contributed by atoms with Crippen LogP contribution >= 0.6 is 0 Å². The molecule has 1 N–H and O–H groups in total. The Morgan fingerprint density at radius 1 is 0.348 bits per heavy atom. The lowest BCUT2D eigenvalue weighted by atomic mass is 10.0. The van der Waals surface area contributed by atoms with Crippen molar-refractivity contribution in [1.82, 2.24) is 0 Å². The number of aliphatic hydroxyl groups is 1. The van der Waals surface area contributed by atoms with Gasteiger partial charge in [-0.25, -0.2) is 0 Å². The number of hydrogen-bond donors (Lipinski definition) is 1. The quantitative estimate of drug-likeness (QED) is 0.0373. The summed E-state index contributed by atoms with van der Waals surface area (Å²) < 4.78 is 10.7. The molecule has 0 amide bonds. The van der Waals surface area contributed by atoms with Gasteiger partial charge in [0.25, 0.3) is 0 Å². The third-order valence-electron chi connectivity index (χ3n) is 13.6. The van der Waals surface area contributed by atoms with Crippen LogP contribution < -0.4 is 0 Å². The number of rotatable bonds is 56.